The molecule has 0 aliphatic carbocycles. The SMILES string of the molecule is CC(C)OCCOCCOC(=O)CCCCC(=O)OCCOCCOC(C)C.CCCCOCCOCCOC(=O)CCCCCCC(=O)OCCOCCOCCCC. The molecule has 0 atom stereocenters. The lowest BCUT2D eigenvalue weighted by Crippen LogP contribution is -2.15. The third-order valence-corrected chi connectivity index (χ3v) is 7.87. The predicted octanol–water partition coefficient (Wildman–Crippen LogP) is 6.60. The van der Waals surface area contributed by atoms with Gasteiger partial charge in [0.15, 0.2) is 0 Å². The van der Waals surface area contributed by atoms with Crippen molar-refractivity contribution in [1.82, 2.24) is 0 Å². The molecule has 0 amide bonds. The van der Waals surface area contributed by atoms with Crippen molar-refractivity contribution in [2.45, 2.75) is 144 Å². The molecule has 356 valence electrons. The number of carbonyl (C=O) groups excluding carboxylic acids is 4. The Labute approximate surface area is 361 Å². The third kappa shape index (κ3) is 53.6. The molecule has 0 N–H and O–H groups in total. The van der Waals surface area contributed by atoms with E-state index < -0.39 is 0 Å². The van der Waals surface area contributed by atoms with Crippen LogP contribution in [0.4, 0.5) is 0 Å². The summed E-state index contributed by atoms with van der Waals surface area (Å²) in [6, 6.07) is 0. The van der Waals surface area contributed by atoms with E-state index in [2.05, 4.69) is 13.8 Å². The largest absolute Gasteiger partial charge is 0.463 e. The number of hydrogen-bond donors (Lipinski definition) is 0. The molecule has 0 aliphatic heterocycles. The van der Waals surface area contributed by atoms with Gasteiger partial charge in [-0.2, -0.15) is 0 Å². The maximum atomic E-state index is 11.7. The van der Waals surface area contributed by atoms with Crippen molar-refractivity contribution in [3.63, 3.8) is 0 Å². The Hall–Kier alpha value is -2.44. The maximum absolute atomic E-state index is 11.7. The van der Waals surface area contributed by atoms with E-state index in [-0.39, 0.29) is 75.4 Å². The van der Waals surface area contributed by atoms with Gasteiger partial charge in [-0.3, -0.25) is 19.2 Å². The van der Waals surface area contributed by atoms with Gasteiger partial charge in [0.2, 0.25) is 0 Å². The van der Waals surface area contributed by atoms with E-state index in [1.165, 1.54) is 0 Å². The molecule has 0 saturated heterocycles. The van der Waals surface area contributed by atoms with Gasteiger partial charge in [0, 0.05) is 38.9 Å². The lowest BCUT2D eigenvalue weighted by atomic mass is 10.1. The Morgan fingerprint density at radius 1 is 0.300 bits per heavy atom. The van der Waals surface area contributed by atoms with Crippen molar-refractivity contribution in [1.29, 1.82) is 0 Å². The van der Waals surface area contributed by atoms with Gasteiger partial charge < -0.3 is 56.8 Å². The number of unbranched alkanes of at least 4 members (excludes halogenated alkanes) is 6. The van der Waals surface area contributed by atoms with Crippen LogP contribution in [0, 0.1) is 0 Å². The number of rotatable bonds is 44. The fourth-order valence-corrected chi connectivity index (χ4v) is 4.60. The van der Waals surface area contributed by atoms with Crippen LogP contribution >= 0.6 is 0 Å². The molecule has 0 bridgehead atoms. The van der Waals surface area contributed by atoms with Crippen molar-refractivity contribution in [2.24, 2.45) is 0 Å². The zero-order chi connectivity index (χ0) is 44.6. The fourth-order valence-electron chi connectivity index (χ4n) is 4.60. The Bertz CT molecular complexity index is 875. The first-order valence-corrected chi connectivity index (χ1v) is 22.4. The molecular formula is C44H84O16. The standard InChI is InChI=1S/C24H46O8.C20H38O8/c1-3-5-13-27-15-17-29-19-21-31-23(25)11-9-7-8-10-12-24(26)32-22-20-30-18-16-28-14-6-4-2;1-17(2)25-13-9-23-11-15-27-19(21)7-5-6-8-20(22)28-16-12-24-10-14-26-18(3)4/h3-22H2,1-2H3;17-18H,5-16H2,1-4H3. The fraction of sp³-hybridized carbons (Fsp3) is 0.909. The molecule has 0 unspecified atom stereocenters. The number of carbonyl (C=O) groups is 4. The summed E-state index contributed by atoms with van der Waals surface area (Å²) in [6.45, 7) is 20.3. The van der Waals surface area contributed by atoms with E-state index in [1.54, 1.807) is 0 Å². The molecule has 0 radical (unpaired) electrons. The van der Waals surface area contributed by atoms with Crippen LogP contribution in [0.1, 0.15) is 131 Å². The third-order valence-electron chi connectivity index (χ3n) is 7.87. The van der Waals surface area contributed by atoms with E-state index in [0.29, 0.717) is 105 Å². The lowest BCUT2D eigenvalue weighted by Gasteiger charge is -2.09. The monoisotopic (exact) mass is 869 g/mol. The number of ether oxygens (including phenoxy) is 12. The Morgan fingerprint density at radius 2 is 0.533 bits per heavy atom. The van der Waals surface area contributed by atoms with E-state index in [9.17, 15) is 19.2 Å². The summed E-state index contributed by atoms with van der Waals surface area (Å²) in [7, 11) is 0. The second kappa shape index (κ2) is 49.2. The Balaban J connectivity index is 0. The highest BCUT2D eigenvalue weighted by atomic mass is 16.6. The molecule has 0 aliphatic rings. The zero-order valence-corrected chi connectivity index (χ0v) is 38.3. The molecule has 60 heavy (non-hydrogen) atoms. The van der Waals surface area contributed by atoms with Gasteiger partial charge in [0.05, 0.1) is 91.5 Å². The van der Waals surface area contributed by atoms with Crippen LogP contribution in [0.5, 0.6) is 0 Å². The predicted molar refractivity (Wildman–Crippen MR) is 227 cm³/mol. The summed E-state index contributed by atoms with van der Waals surface area (Å²) < 4.78 is 63.1. The highest BCUT2D eigenvalue weighted by Gasteiger charge is 2.08. The van der Waals surface area contributed by atoms with E-state index in [1.807, 2.05) is 27.7 Å². The quantitative estimate of drug-likeness (QED) is 0.0363. The van der Waals surface area contributed by atoms with Gasteiger partial charge in [0.25, 0.3) is 0 Å². The molecule has 0 spiro atoms. The van der Waals surface area contributed by atoms with Gasteiger partial charge in [0.1, 0.15) is 26.4 Å². The Kier molecular flexibility index (Phi) is 48.9. The number of hydrogen-bond acceptors (Lipinski definition) is 16. The second-order valence-electron chi connectivity index (χ2n) is 14.2. The molecule has 0 aromatic heterocycles. The minimum Gasteiger partial charge on any atom is -0.463 e. The van der Waals surface area contributed by atoms with Gasteiger partial charge in [-0.25, -0.2) is 0 Å². The van der Waals surface area contributed by atoms with Crippen molar-refractivity contribution in [3.05, 3.63) is 0 Å². The maximum Gasteiger partial charge on any atom is 0.305 e. The summed E-state index contributed by atoms with van der Waals surface area (Å²) >= 11 is 0. The first kappa shape index (κ1) is 59.7. The van der Waals surface area contributed by atoms with E-state index >= 15 is 0 Å². The van der Waals surface area contributed by atoms with Gasteiger partial charge in [-0.15, -0.1) is 0 Å². The smallest absolute Gasteiger partial charge is 0.305 e. The summed E-state index contributed by atoms with van der Waals surface area (Å²) in [5, 5.41) is 0. The summed E-state index contributed by atoms with van der Waals surface area (Å²) in [5.41, 5.74) is 0. The van der Waals surface area contributed by atoms with Crippen LogP contribution in [0.15, 0.2) is 0 Å². The zero-order valence-electron chi connectivity index (χ0n) is 38.3. The lowest BCUT2D eigenvalue weighted by molar-refractivity contribution is -0.147. The molecule has 0 aromatic rings. The highest BCUT2D eigenvalue weighted by molar-refractivity contribution is 5.70. The first-order chi connectivity index (χ1) is 29.1. The molecule has 0 rings (SSSR count). The molecule has 0 fully saturated rings. The summed E-state index contributed by atoms with van der Waals surface area (Å²) in [4.78, 5) is 46.4. The molecule has 16 heteroatoms. The van der Waals surface area contributed by atoms with Gasteiger partial charge in [-0.05, 0) is 66.2 Å². The molecule has 0 heterocycles. The van der Waals surface area contributed by atoms with E-state index in [0.717, 1.165) is 64.6 Å². The van der Waals surface area contributed by atoms with Crippen LogP contribution < -0.4 is 0 Å². The average molecular weight is 869 g/mol. The van der Waals surface area contributed by atoms with Gasteiger partial charge >= 0.3 is 23.9 Å². The second-order valence-corrected chi connectivity index (χ2v) is 14.2. The topological polar surface area (TPSA) is 179 Å². The average Bonchev–Trinajstić information content (AvgIpc) is 3.21. The van der Waals surface area contributed by atoms with Crippen LogP contribution in [-0.4, -0.2) is 155 Å². The van der Waals surface area contributed by atoms with Crippen molar-refractivity contribution >= 4 is 23.9 Å². The Morgan fingerprint density at radius 3 is 0.800 bits per heavy atom. The van der Waals surface area contributed by atoms with E-state index in [4.69, 9.17) is 56.8 Å². The molecule has 0 aromatic carbocycles. The highest BCUT2D eigenvalue weighted by Crippen LogP contribution is 2.07. The molecule has 0 saturated carbocycles. The van der Waals surface area contributed by atoms with Crippen LogP contribution in [0.25, 0.3) is 0 Å². The summed E-state index contributed by atoms with van der Waals surface area (Å²) in [5.74, 6) is -0.981. The number of esters is 4. The molecule has 16 nitrogen and oxygen atoms in total. The van der Waals surface area contributed by atoms with Crippen LogP contribution in [0.2, 0.25) is 0 Å². The van der Waals surface area contributed by atoms with Crippen molar-refractivity contribution in [2.75, 3.05) is 119 Å². The van der Waals surface area contributed by atoms with Gasteiger partial charge in [-0.1, -0.05) is 39.5 Å². The van der Waals surface area contributed by atoms with Crippen molar-refractivity contribution < 1.29 is 76.0 Å². The van der Waals surface area contributed by atoms with Crippen LogP contribution in [0.3, 0.4) is 0 Å². The van der Waals surface area contributed by atoms with Crippen LogP contribution in [-0.2, 0) is 76.0 Å². The molecular weight excluding hydrogens is 784 g/mol. The van der Waals surface area contributed by atoms with Crippen molar-refractivity contribution in [3.8, 4) is 0 Å². The minimum atomic E-state index is -0.285. The minimum absolute atomic E-state index is 0.182. The summed E-state index contributed by atoms with van der Waals surface area (Å²) in [6.07, 6.45) is 10.5. The first-order valence-electron chi connectivity index (χ1n) is 22.4. The normalized spacial score (nSPS) is 11.1.